The summed E-state index contributed by atoms with van der Waals surface area (Å²) in [6.45, 7) is 0. The maximum absolute atomic E-state index is 1.63. The number of rotatable bonds is 0. The van der Waals surface area contributed by atoms with Crippen molar-refractivity contribution in [1.82, 2.24) is 0 Å². The first-order valence-corrected chi connectivity index (χ1v) is 16.0. The van der Waals surface area contributed by atoms with Crippen molar-refractivity contribution in [2.24, 2.45) is 0 Å². The molecule has 0 aromatic carbocycles. The molecule has 1 heterocycles. The van der Waals surface area contributed by atoms with Crippen LogP contribution in [0.25, 0.3) is 0 Å². The van der Waals surface area contributed by atoms with Gasteiger partial charge in [-0.15, -0.1) is 0 Å². The zero-order valence-electron chi connectivity index (χ0n) is 4.46. The molecule has 0 atom stereocenters. The van der Waals surface area contributed by atoms with Gasteiger partial charge in [-0.3, -0.25) is 0 Å². The Kier molecular flexibility index (Phi) is 5.96. The van der Waals surface area contributed by atoms with E-state index >= 15 is 0 Å². The molecule has 0 spiro atoms. The van der Waals surface area contributed by atoms with Crippen LogP contribution < -0.4 is 0 Å². The molecule has 0 aliphatic carbocycles. The second-order valence-electron chi connectivity index (χ2n) is 1.29. The third kappa shape index (κ3) is 3.98. The van der Waals surface area contributed by atoms with Gasteiger partial charge in [0, 0.05) is 0 Å². The molecule has 0 bridgehead atoms. The Labute approximate surface area is 73.1 Å². The third-order valence-electron chi connectivity index (χ3n) is 0.667. The number of hydrogen-bond donors (Lipinski definition) is 0. The molecule has 0 N–H and O–H groups in total. The Morgan fingerprint density at radius 1 is 0.500 bits per heavy atom. The normalized spacial score (nSPS) is 24.0. The molecular weight excluding hydrogens is 364 g/mol. The summed E-state index contributed by atoms with van der Waals surface area (Å²) < 4.78 is 0. The third-order valence-corrected chi connectivity index (χ3v) is 18.0. The summed E-state index contributed by atoms with van der Waals surface area (Å²) in [4.78, 5) is 0. The van der Waals surface area contributed by atoms with Crippen molar-refractivity contribution in [1.29, 1.82) is 0 Å². The summed E-state index contributed by atoms with van der Waals surface area (Å²) in [6, 6.07) is 0. The van der Waals surface area contributed by atoms with Gasteiger partial charge in [-0.25, -0.2) is 0 Å². The van der Waals surface area contributed by atoms with Crippen LogP contribution in [0.15, 0.2) is 0 Å². The van der Waals surface area contributed by atoms with E-state index in [-0.39, 0.29) is 0 Å². The monoisotopic (exact) mass is 376 g/mol. The summed E-state index contributed by atoms with van der Waals surface area (Å²) in [6.07, 6.45) is 0. The predicted octanol–water partition coefficient (Wildman–Crippen LogP) is 0.320. The summed E-state index contributed by atoms with van der Waals surface area (Å²) >= 11 is 4.47. The minimum atomic E-state index is 1.12. The van der Waals surface area contributed by atoms with Gasteiger partial charge in [0.05, 0.1) is 0 Å². The fourth-order valence-corrected chi connectivity index (χ4v) is 25.5. The molecule has 1 rings (SSSR count). The SMILES string of the molecule is C1C[Se][Se]CC[Se][Se]1. The Bertz CT molecular complexity index is 32.0. The van der Waals surface area contributed by atoms with Gasteiger partial charge >= 0.3 is 73.8 Å². The quantitative estimate of drug-likeness (QED) is 0.538. The Morgan fingerprint density at radius 3 is 1.00 bits per heavy atom. The standard InChI is InChI=1S/C4H8Se4/c1-2-6-8-4-3-7-5-1/h1-4H2. The van der Waals surface area contributed by atoms with E-state index in [1.165, 1.54) is 0 Å². The summed E-state index contributed by atoms with van der Waals surface area (Å²) in [7, 11) is 0. The topological polar surface area (TPSA) is 0 Å². The molecule has 0 amide bonds. The van der Waals surface area contributed by atoms with Crippen LogP contribution in [0.2, 0.25) is 21.3 Å². The van der Waals surface area contributed by atoms with E-state index in [0.29, 0.717) is 0 Å². The van der Waals surface area contributed by atoms with Gasteiger partial charge in [0.15, 0.2) is 0 Å². The van der Waals surface area contributed by atoms with E-state index in [4.69, 9.17) is 0 Å². The van der Waals surface area contributed by atoms with Crippen LogP contribution in [0.1, 0.15) is 0 Å². The molecule has 0 aromatic heterocycles. The second-order valence-corrected chi connectivity index (χ2v) is 17.0. The average Bonchev–Trinajstić information content (AvgIpc) is 1.62. The van der Waals surface area contributed by atoms with Gasteiger partial charge in [-0.2, -0.15) is 0 Å². The molecule has 1 aliphatic rings. The Balaban J connectivity index is 2.00. The first-order valence-electron chi connectivity index (χ1n) is 2.49. The number of hydrogen-bond acceptors (Lipinski definition) is 0. The molecule has 0 radical (unpaired) electrons. The minimum absolute atomic E-state index is 1.12. The van der Waals surface area contributed by atoms with E-state index < -0.39 is 0 Å². The van der Waals surface area contributed by atoms with Crippen LogP contribution in [0.4, 0.5) is 0 Å². The van der Waals surface area contributed by atoms with E-state index in [9.17, 15) is 0 Å². The zero-order chi connectivity index (χ0) is 5.66. The second kappa shape index (κ2) is 5.83. The van der Waals surface area contributed by atoms with Crippen molar-refractivity contribution in [2.45, 2.75) is 21.3 Å². The average molecular weight is 372 g/mol. The molecule has 1 saturated heterocycles. The van der Waals surface area contributed by atoms with Crippen LogP contribution >= 0.6 is 0 Å². The van der Waals surface area contributed by atoms with Gasteiger partial charge in [-0.05, 0) is 0 Å². The van der Waals surface area contributed by atoms with Crippen LogP contribution in [0.5, 0.6) is 0 Å². The fraction of sp³-hybridized carbons (Fsp3) is 1.00. The molecular formula is C4H8Se4. The van der Waals surface area contributed by atoms with Crippen molar-refractivity contribution in [3.05, 3.63) is 0 Å². The van der Waals surface area contributed by atoms with Crippen LogP contribution in [0, 0.1) is 0 Å². The van der Waals surface area contributed by atoms with E-state index in [1.807, 2.05) is 0 Å². The van der Waals surface area contributed by atoms with Gasteiger partial charge in [0.1, 0.15) is 0 Å². The Hall–Kier alpha value is 2.08. The zero-order valence-corrected chi connectivity index (χ0v) is 11.3. The molecule has 1 aliphatic heterocycles. The fourth-order valence-electron chi connectivity index (χ4n) is 0.372. The van der Waals surface area contributed by atoms with Crippen molar-refractivity contribution in [3.63, 3.8) is 0 Å². The van der Waals surface area contributed by atoms with E-state index in [2.05, 4.69) is 0 Å². The van der Waals surface area contributed by atoms with E-state index in [0.717, 1.165) is 52.5 Å². The summed E-state index contributed by atoms with van der Waals surface area (Å²) in [5.74, 6) is 0. The first kappa shape index (κ1) is 8.18. The van der Waals surface area contributed by atoms with Crippen LogP contribution in [-0.2, 0) is 0 Å². The van der Waals surface area contributed by atoms with Crippen LogP contribution in [-0.4, -0.2) is 52.5 Å². The van der Waals surface area contributed by atoms with Crippen LogP contribution in [0.3, 0.4) is 0 Å². The molecule has 8 heavy (non-hydrogen) atoms. The van der Waals surface area contributed by atoms with Gasteiger partial charge < -0.3 is 0 Å². The van der Waals surface area contributed by atoms with E-state index in [1.54, 1.807) is 21.3 Å². The first-order chi connectivity index (χ1) is 4.00. The van der Waals surface area contributed by atoms with Gasteiger partial charge in [-0.1, -0.05) is 0 Å². The molecule has 48 valence electrons. The molecule has 0 aromatic rings. The van der Waals surface area contributed by atoms with Gasteiger partial charge in [0.2, 0.25) is 0 Å². The van der Waals surface area contributed by atoms with Crippen molar-refractivity contribution < 1.29 is 0 Å². The summed E-state index contributed by atoms with van der Waals surface area (Å²) in [5, 5.41) is 6.53. The van der Waals surface area contributed by atoms with Gasteiger partial charge in [0.25, 0.3) is 0 Å². The molecule has 0 saturated carbocycles. The summed E-state index contributed by atoms with van der Waals surface area (Å²) in [5.41, 5.74) is 0. The van der Waals surface area contributed by atoms with Crippen molar-refractivity contribution in [2.75, 3.05) is 0 Å². The molecule has 4 heteroatoms. The predicted molar refractivity (Wildman–Crippen MR) is 42.2 cm³/mol. The molecule has 0 nitrogen and oxygen atoms in total. The van der Waals surface area contributed by atoms with Crippen molar-refractivity contribution in [3.8, 4) is 0 Å². The molecule has 0 unspecified atom stereocenters. The molecule has 1 fully saturated rings. The van der Waals surface area contributed by atoms with Crippen molar-refractivity contribution >= 4 is 52.5 Å². The Morgan fingerprint density at radius 2 is 0.750 bits per heavy atom. The maximum atomic E-state index is 1.63.